The van der Waals surface area contributed by atoms with Gasteiger partial charge < -0.3 is 9.83 Å². The molecule has 158 valence electrons. The van der Waals surface area contributed by atoms with Gasteiger partial charge >= 0.3 is 0 Å². The minimum atomic E-state index is -5.22. The topological polar surface area (TPSA) is 118 Å². The fraction of sp³-hybridized carbons (Fsp3) is 0.250. The van der Waals surface area contributed by atoms with Crippen molar-refractivity contribution in [2.75, 3.05) is 10.0 Å². The van der Waals surface area contributed by atoms with Crippen molar-refractivity contribution in [3.63, 3.8) is 0 Å². The molecule has 3 aromatic rings. The van der Waals surface area contributed by atoms with Gasteiger partial charge in [-0.3, -0.25) is 9.59 Å². The number of hydrogen-bond acceptors (Lipinski definition) is 7. The van der Waals surface area contributed by atoms with Crippen LogP contribution in [-0.4, -0.2) is 25.3 Å². The summed E-state index contributed by atoms with van der Waals surface area (Å²) in [6.45, 7) is -12.1. The van der Waals surface area contributed by atoms with E-state index in [9.17, 15) is 18.0 Å². The van der Waals surface area contributed by atoms with Crippen LogP contribution in [0.1, 0.15) is 67.1 Å². The summed E-state index contributed by atoms with van der Waals surface area (Å²) < 4.78 is 148. The lowest BCUT2D eigenvalue weighted by Crippen LogP contribution is -2.20. The molecule has 2 heterocycles. The molecule has 1 amide bonds. The Hall–Kier alpha value is -2.98. The Labute approximate surface area is 199 Å². The number of nitrogens with one attached hydrogen (secondary N) is 2. The van der Waals surface area contributed by atoms with Crippen molar-refractivity contribution in [2.45, 2.75) is 39.2 Å². The normalized spacial score (nSPS) is 20.4. The first-order valence-electron chi connectivity index (χ1n) is 15.2. The Kier molecular flexibility index (Phi) is 2.53. The second kappa shape index (κ2) is 8.04. The molecule has 0 aliphatic carbocycles. The minimum absolute atomic E-state index is 0.272. The van der Waals surface area contributed by atoms with E-state index in [0.717, 1.165) is 11.4 Å². The molecule has 0 unspecified atom stereocenters. The molecule has 0 spiro atoms. The quantitative estimate of drug-likeness (QED) is 0.529. The molecular weight excluding hydrogens is 426 g/mol. The number of hydrogen-bond donors (Lipinski definition) is 2. The number of nitrogens with zero attached hydrogens (tertiary/aromatic N) is 1. The Bertz CT molecular complexity index is 1770. The maximum Gasteiger partial charge on any atom is 0.267 e. The maximum atomic E-state index is 13.6. The van der Waals surface area contributed by atoms with Gasteiger partial charge in [-0.1, -0.05) is 11.2 Å². The lowest BCUT2D eigenvalue weighted by molar-refractivity contribution is 0.101. The second-order valence-electron chi connectivity index (χ2n) is 5.69. The van der Waals surface area contributed by atoms with Gasteiger partial charge in [0.05, 0.1) is 12.8 Å². The molecule has 8 nitrogen and oxygen atoms in total. The number of carbonyl (C=O) groups is 2. The van der Waals surface area contributed by atoms with Crippen LogP contribution < -0.4 is 10.0 Å². The number of Topliss-reactive ketones (excluding diaryl/α,β-unsaturated/α-hetero) is 1. The molecule has 2 N–H and O–H groups in total. The summed E-state index contributed by atoms with van der Waals surface area (Å²) in [5, 5.41) is 4.03. The first-order chi connectivity index (χ1) is 20.1. The molecule has 10 heteroatoms. The Morgan fingerprint density at radius 1 is 1.33 bits per heavy atom. The summed E-state index contributed by atoms with van der Waals surface area (Å²) in [6.07, 6.45) is 0. The fourth-order valence-corrected chi connectivity index (χ4v) is 4.47. The predicted molar refractivity (Wildman–Crippen MR) is 115 cm³/mol. The minimum Gasteiger partial charge on any atom is -0.337 e. The largest absolute Gasteiger partial charge is 0.337 e. The molecule has 2 aromatic heterocycles. The highest BCUT2D eigenvalue weighted by molar-refractivity contribution is 7.93. The van der Waals surface area contributed by atoms with Crippen molar-refractivity contribution < 1.29 is 43.2 Å². The van der Waals surface area contributed by atoms with Crippen LogP contribution in [0, 0.1) is 27.5 Å². The van der Waals surface area contributed by atoms with Crippen LogP contribution in [0.2, 0.25) is 2.82 Å². The maximum absolute atomic E-state index is 13.6. The number of ketones is 1. The standard InChI is InChI=1S/C20H21N3O5S2/c1-10-8-11(2)17(15(9-10)14(5)24)21-19(25)18-16(6-7-29-18)30(26,27)23-20-12(3)13(4)22-28-20/h6-9,23H,1-5H3,(H,21,25)/i1D3,2D3,3D3,5D3,9D/hD2. The molecule has 0 bridgehead atoms. The number of rotatable bonds is 6. The molecule has 1 aromatic carbocycles. The van der Waals surface area contributed by atoms with Crippen LogP contribution in [0.15, 0.2) is 33.0 Å². The van der Waals surface area contributed by atoms with E-state index in [1.165, 1.54) is 6.92 Å². The molecule has 0 aliphatic heterocycles. The molecule has 0 atom stereocenters. The number of amides is 1. The zero-order valence-electron chi connectivity index (χ0n) is 29.9. The lowest BCUT2D eigenvalue weighted by Gasteiger charge is -2.14. The average Bonchev–Trinajstić information content (AvgIpc) is 3.52. The molecule has 30 heavy (non-hydrogen) atoms. The number of carbonyl (C=O) groups excluding carboxylic acids is 2. The molecule has 0 radical (unpaired) electrons. The van der Waals surface area contributed by atoms with Gasteiger partial charge in [-0.25, -0.2) is 13.1 Å². The van der Waals surface area contributed by atoms with Gasteiger partial charge in [0.1, 0.15) is 9.77 Å². The van der Waals surface area contributed by atoms with E-state index < -0.39 is 98.8 Å². The van der Waals surface area contributed by atoms with Crippen LogP contribution in [0.25, 0.3) is 0 Å². The zero-order chi connectivity index (χ0) is 34.8. The van der Waals surface area contributed by atoms with E-state index >= 15 is 0 Å². The van der Waals surface area contributed by atoms with Gasteiger partial charge in [0.25, 0.3) is 15.9 Å². The summed E-state index contributed by atoms with van der Waals surface area (Å²) in [7, 11) is -5.22. The van der Waals surface area contributed by atoms with E-state index in [1.807, 2.05) is 0 Å². The van der Waals surface area contributed by atoms with Crippen molar-refractivity contribution in [3.8, 4) is 0 Å². The highest BCUT2D eigenvalue weighted by atomic mass is 32.2. The summed E-state index contributed by atoms with van der Waals surface area (Å²) in [5.74, 6) is -4.72. The molecule has 0 aliphatic rings. The number of aromatic nitrogens is 1. The molecule has 0 saturated heterocycles. The third-order valence-corrected chi connectivity index (χ3v) is 5.96. The van der Waals surface area contributed by atoms with Crippen molar-refractivity contribution in [2.24, 2.45) is 0 Å². The Balaban J connectivity index is 2.30. The number of thiophene rings is 1. The summed E-state index contributed by atoms with van der Waals surface area (Å²) in [4.78, 5) is 24.7. The average molecular weight is 463 g/mol. The molecule has 0 fully saturated rings. The number of aryl methyl sites for hydroxylation is 3. The van der Waals surface area contributed by atoms with Gasteiger partial charge in [0.2, 0.25) is 5.88 Å². The van der Waals surface area contributed by atoms with Crippen LogP contribution in [0.5, 0.6) is 0 Å². The number of sulfonamides is 1. The van der Waals surface area contributed by atoms with Crippen molar-refractivity contribution >= 4 is 44.6 Å². The number of benzene rings is 1. The predicted octanol–water partition coefficient (Wildman–Crippen LogP) is 4.23. The smallest absolute Gasteiger partial charge is 0.267 e. The Morgan fingerprint density at radius 2 is 2.17 bits per heavy atom. The third-order valence-electron chi connectivity index (χ3n) is 3.63. The number of anilines is 2. The Morgan fingerprint density at radius 3 is 2.87 bits per heavy atom. The molecule has 3 rings (SSSR count). The highest BCUT2D eigenvalue weighted by Gasteiger charge is 2.27. The first-order valence-corrected chi connectivity index (χ1v) is 10.1. The van der Waals surface area contributed by atoms with E-state index in [1.54, 1.807) is 0 Å². The van der Waals surface area contributed by atoms with E-state index in [4.69, 9.17) is 25.2 Å². The molecule has 0 saturated carbocycles. The van der Waals surface area contributed by atoms with Gasteiger partial charge in [-0.05, 0) is 62.9 Å². The summed E-state index contributed by atoms with van der Waals surface area (Å²) in [5.41, 5.74) is -5.98. The summed E-state index contributed by atoms with van der Waals surface area (Å²) >= 11 is 0.349. The van der Waals surface area contributed by atoms with Gasteiger partial charge in [0, 0.05) is 27.6 Å². The van der Waals surface area contributed by atoms with Crippen molar-refractivity contribution in [3.05, 3.63) is 56.4 Å². The van der Waals surface area contributed by atoms with Gasteiger partial charge in [0.15, 0.2) is 8.61 Å². The highest BCUT2D eigenvalue weighted by Crippen LogP contribution is 2.29. The summed E-state index contributed by atoms with van der Waals surface area (Å²) in [6, 6.07) is -0.116. The van der Waals surface area contributed by atoms with Crippen molar-refractivity contribution in [1.82, 2.24) is 5.16 Å². The third kappa shape index (κ3) is 4.14. The van der Waals surface area contributed by atoms with Crippen LogP contribution in [0.3, 0.4) is 0 Å². The van der Waals surface area contributed by atoms with Crippen molar-refractivity contribution in [1.29, 1.82) is 0 Å². The van der Waals surface area contributed by atoms with Crippen LogP contribution in [0.4, 0.5) is 11.6 Å². The van der Waals surface area contributed by atoms with Gasteiger partial charge in [-0.2, -0.15) is 0 Å². The lowest BCUT2D eigenvalue weighted by atomic mass is 10.0. The first kappa shape index (κ1) is 9.44. The van der Waals surface area contributed by atoms with E-state index in [0.29, 0.717) is 17.4 Å². The second-order valence-corrected chi connectivity index (χ2v) is 8.18. The van der Waals surface area contributed by atoms with E-state index in [2.05, 4.69) is 5.16 Å². The van der Waals surface area contributed by atoms with E-state index in [-0.39, 0.29) is 15.7 Å². The van der Waals surface area contributed by atoms with Gasteiger partial charge in [-0.15, -0.1) is 11.3 Å². The molecular formula is C20H21N3O5S2. The zero-order valence-corrected chi connectivity index (χ0v) is 16.6. The fourth-order valence-electron chi connectivity index (χ4n) is 2.25. The van der Waals surface area contributed by atoms with Crippen LogP contribution in [-0.2, 0) is 10.0 Å². The van der Waals surface area contributed by atoms with Crippen LogP contribution >= 0.6 is 11.3 Å². The monoisotopic (exact) mass is 462 g/mol. The SMILES string of the molecule is [2H]c1c(C([2H])([2H])[2H])cc(C([2H])([2H])[2H])c(N([2H])C(=O)c2sccc2S(=O)(=O)N([2H])c2onc(C)c2C([2H])([2H])[2H])c1C(=O)C([2H])([2H])[2H].